The Balaban J connectivity index is 0.000000249. The molecule has 0 amide bonds. The van der Waals surface area contributed by atoms with Crippen molar-refractivity contribution in [1.29, 1.82) is 0 Å². The van der Waals surface area contributed by atoms with Gasteiger partial charge >= 0.3 is 0 Å². The normalized spacial score (nSPS) is 10.6. The molecule has 0 fully saturated rings. The molecule has 1 rings (SSSR count). The van der Waals surface area contributed by atoms with Crippen LogP contribution < -0.4 is 0 Å². The molecule has 80 valence electrons. The highest BCUT2D eigenvalue weighted by Crippen LogP contribution is 1.95. The first-order valence-corrected chi connectivity index (χ1v) is 5.98. The molecule has 1 aromatic rings. The van der Waals surface area contributed by atoms with Crippen LogP contribution in [0.25, 0.3) is 0 Å². The highest BCUT2D eigenvalue weighted by molar-refractivity contribution is 7.85. The fourth-order valence-electron chi connectivity index (χ4n) is 0.806. The Morgan fingerprint density at radius 1 is 1.00 bits per heavy atom. The number of hydrogen-bond acceptors (Lipinski definition) is 2. The molecule has 1 aromatic carbocycles. The fourth-order valence-corrected chi connectivity index (χ4v) is 1.65. The van der Waals surface area contributed by atoms with Crippen molar-refractivity contribution in [3.05, 3.63) is 36.4 Å². The summed E-state index contributed by atoms with van der Waals surface area (Å²) in [5.74, 6) is -0.141. The van der Waals surface area contributed by atoms with E-state index in [4.69, 9.17) is 4.55 Å². The van der Waals surface area contributed by atoms with Gasteiger partial charge in [0, 0.05) is 0 Å². The predicted molar refractivity (Wildman–Crippen MR) is 57.7 cm³/mol. The molecule has 3 nitrogen and oxygen atoms in total. The van der Waals surface area contributed by atoms with E-state index in [0.717, 1.165) is 0 Å². The van der Waals surface area contributed by atoms with E-state index >= 15 is 0 Å². The van der Waals surface area contributed by atoms with E-state index in [-0.39, 0.29) is 11.7 Å². The molecule has 14 heavy (non-hydrogen) atoms. The molecule has 0 radical (unpaired) electrons. The summed E-state index contributed by atoms with van der Waals surface area (Å²) in [7, 11) is -3.72. The van der Waals surface area contributed by atoms with E-state index in [1.165, 1.54) is 0 Å². The SMILES string of the molecule is CC(C)CS(=O)(=O)O.c1ccccc1. The summed E-state index contributed by atoms with van der Waals surface area (Å²) in [6.07, 6.45) is 0. The minimum absolute atomic E-state index is 0.00463. The average Bonchev–Trinajstić information content (AvgIpc) is 2.03. The molecule has 0 aliphatic heterocycles. The van der Waals surface area contributed by atoms with Gasteiger partial charge < -0.3 is 0 Å². The zero-order chi connectivity index (χ0) is 11.0. The molecule has 0 saturated carbocycles. The molecule has 0 spiro atoms. The van der Waals surface area contributed by atoms with Gasteiger partial charge in [-0.05, 0) is 5.92 Å². The smallest absolute Gasteiger partial charge is 0.265 e. The third-order valence-corrected chi connectivity index (χ3v) is 2.30. The largest absolute Gasteiger partial charge is 0.286 e. The van der Waals surface area contributed by atoms with Gasteiger partial charge in [0.2, 0.25) is 0 Å². The maximum Gasteiger partial charge on any atom is 0.265 e. The summed E-state index contributed by atoms with van der Waals surface area (Å²) >= 11 is 0. The molecule has 1 N–H and O–H groups in total. The first kappa shape index (κ1) is 13.1. The highest BCUT2D eigenvalue weighted by Gasteiger charge is 2.05. The minimum atomic E-state index is -3.72. The summed E-state index contributed by atoms with van der Waals surface area (Å²) < 4.78 is 28.2. The van der Waals surface area contributed by atoms with E-state index in [1.54, 1.807) is 13.8 Å². The van der Waals surface area contributed by atoms with Crippen molar-refractivity contribution in [2.75, 3.05) is 5.75 Å². The topological polar surface area (TPSA) is 54.4 Å². The summed E-state index contributed by atoms with van der Waals surface area (Å²) in [4.78, 5) is 0. The molecule has 4 heteroatoms. The maximum atomic E-state index is 10.00. The van der Waals surface area contributed by atoms with Crippen molar-refractivity contribution in [2.24, 2.45) is 5.92 Å². The molecule has 0 unspecified atom stereocenters. The lowest BCUT2D eigenvalue weighted by atomic mass is 10.3. The zero-order valence-electron chi connectivity index (χ0n) is 8.42. The Bertz CT molecular complexity index is 290. The van der Waals surface area contributed by atoms with Crippen LogP contribution in [0.5, 0.6) is 0 Å². The van der Waals surface area contributed by atoms with Crippen LogP contribution in [-0.4, -0.2) is 18.7 Å². The first-order valence-electron chi connectivity index (χ1n) is 4.37. The van der Waals surface area contributed by atoms with E-state index in [2.05, 4.69) is 0 Å². The van der Waals surface area contributed by atoms with Gasteiger partial charge in [0.1, 0.15) is 0 Å². The van der Waals surface area contributed by atoms with Gasteiger partial charge in [0.25, 0.3) is 10.1 Å². The Kier molecular flexibility index (Phi) is 6.16. The van der Waals surface area contributed by atoms with Crippen molar-refractivity contribution in [1.82, 2.24) is 0 Å². The molecule has 0 bridgehead atoms. The first-order chi connectivity index (χ1) is 6.42. The molecule has 0 aliphatic rings. The monoisotopic (exact) mass is 216 g/mol. The quantitative estimate of drug-likeness (QED) is 0.771. The van der Waals surface area contributed by atoms with Crippen molar-refractivity contribution in [3.8, 4) is 0 Å². The predicted octanol–water partition coefficient (Wildman–Crippen LogP) is 2.22. The van der Waals surface area contributed by atoms with Gasteiger partial charge in [-0.25, -0.2) is 0 Å². The Morgan fingerprint density at radius 3 is 1.36 bits per heavy atom. The number of rotatable bonds is 2. The summed E-state index contributed by atoms with van der Waals surface area (Å²) in [6, 6.07) is 12.0. The zero-order valence-corrected chi connectivity index (χ0v) is 9.24. The lowest BCUT2D eigenvalue weighted by molar-refractivity contribution is 0.473. The van der Waals surface area contributed by atoms with Crippen LogP contribution in [0.4, 0.5) is 0 Å². The maximum absolute atomic E-state index is 10.00. The molecular formula is C10H16O3S. The Morgan fingerprint density at radius 2 is 1.29 bits per heavy atom. The van der Waals surface area contributed by atoms with Crippen LogP contribution in [0.2, 0.25) is 0 Å². The highest BCUT2D eigenvalue weighted by atomic mass is 32.2. The Hall–Kier alpha value is -0.870. The van der Waals surface area contributed by atoms with Crippen LogP contribution in [0.1, 0.15) is 13.8 Å². The third-order valence-electron chi connectivity index (χ3n) is 1.21. The number of hydrogen-bond donors (Lipinski definition) is 1. The molecular weight excluding hydrogens is 200 g/mol. The van der Waals surface area contributed by atoms with Crippen molar-refractivity contribution >= 4 is 10.1 Å². The van der Waals surface area contributed by atoms with E-state index in [9.17, 15) is 8.42 Å². The Labute approximate surface area is 85.5 Å². The van der Waals surface area contributed by atoms with E-state index < -0.39 is 10.1 Å². The molecule has 0 saturated heterocycles. The van der Waals surface area contributed by atoms with Gasteiger partial charge in [0.15, 0.2) is 0 Å². The molecule has 0 heterocycles. The summed E-state index contributed by atoms with van der Waals surface area (Å²) in [5.41, 5.74) is 0. The summed E-state index contributed by atoms with van der Waals surface area (Å²) in [6.45, 7) is 3.46. The van der Waals surface area contributed by atoms with Gasteiger partial charge in [-0.2, -0.15) is 8.42 Å². The second-order valence-electron chi connectivity index (χ2n) is 3.30. The van der Waals surface area contributed by atoms with E-state index in [0.29, 0.717) is 0 Å². The number of benzene rings is 1. The van der Waals surface area contributed by atoms with Gasteiger partial charge in [-0.15, -0.1) is 0 Å². The molecule has 0 atom stereocenters. The van der Waals surface area contributed by atoms with Crippen molar-refractivity contribution in [2.45, 2.75) is 13.8 Å². The molecule has 0 aliphatic carbocycles. The van der Waals surface area contributed by atoms with Crippen LogP contribution in [0.3, 0.4) is 0 Å². The molecule has 0 aromatic heterocycles. The van der Waals surface area contributed by atoms with Crippen LogP contribution in [0.15, 0.2) is 36.4 Å². The third kappa shape index (κ3) is 11.1. The lowest BCUT2D eigenvalue weighted by Gasteiger charge is -1.97. The standard InChI is InChI=1S/C6H6.C4H10O3S/c1-2-4-6-5-3-1;1-4(2)3-8(5,6)7/h1-6H;4H,3H2,1-2H3,(H,5,6,7). The lowest BCUT2D eigenvalue weighted by Crippen LogP contribution is -2.09. The van der Waals surface area contributed by atoms with Gasteiger partial charge in [-0.3, -0.25) is 4.55 Å². The second kappa shape index (κ2) is 6.56. The van der Waals surface area contributed by atoms with Crippen LogP contribution in [-0.2, 0) is 10.1 Å². The fraction of sp³-hybridized carbons (Fsp3) is 0.400. The van der Waals surface area contributed by atoms with Crippen LogP contribution >= 0.6 is 0 Å². The summed E-state index contributed by atoms with van der Waals surface area (Å²) in [5, 5.41) is 0. The second-order valence-corrected chi connectivity index (χ2v) is 4.79. The van der Waals surface area contributed by atoms with Crippen molar-refractivity contribution < 1.29 is 13.0 Å². The van der Waals surface area contributed by atoms with Crippen molar-refractivity contribution in [3.63, 3.8) is 0 Å². The average molecular weight is 216 g/mol. The van der Waals surface area contributed by atoms with Gasteiger partial charge in [0.05, 0.1) is 5.75 Å². The van der Waals surface area contributed by atoms with Crippen LogP contribution in [0, 0.1) is 5.92 Å². The van der Waals surface area contributed by atoms with E-state index in [1.807, 2.05) is 36.4 Å². The van der Waals surface area contributed by atoms with Gasteiger partial charge in [-0.1, -0.05) is 50.2 Å². The minimum Gasteiger partial charge on any atom is -0.286 e.